The lowest BCUT2D eigenvalue weighted by Crippen LogP contribution is -2.31. The average molecular weight is 425 g/mol. The molecule has 2 heterocycles. The number of hydrogen-bond donors (Lipinski definition) is 1. The Kier molecular flexibility index (Phi) is 6.79. The number of amides is 1. The summed E-state index contributed by atoms with van der Waals surface area (Å²) in [6, 6.07) is 20.3. The number of aromatic nitrogens is 2. The quantitative estimate of drug-likeness (QED) is 0.546. The minimum Gasteiger partial charge on any atom is -0.348 e. The van der Waals surface area contributed by atoms with Gasteiger partial charge >= 0.3 is 0 Å². The topological polar surface area (TPSA) is 58.1 Å². The van der Waals surface area contributed by atoms with E-state index in [0.29, 0.717) is 5.75 Å². The SMILES string of the molecule is O=C(CSc1nnc(N2CCCC2)s1)NC(Cc1ccccc1)c1ccccc1. The summed E-state index contributed by atoms with van der Waals surface area (Å²) in [5, 5.41) is 12.7. The van der Waals surface area contributed by atoms with E-state index in [0.717, 1.165) is 34.5 Å². The van der Waals surface area contributed by atoms with Crippen molar-refractivity contribution in [2.75, 3.05) is 23.7 Å². The van der Waals surface area contributed by atoms with Crippen molar-refractivity contribution >= 4 is 34.1 Å². The van der Waals surface area contributed by atoms with Gasteiger partial charge in [0.2, 0.25) is 11.0 Å². The number of anilines is 1. The van der Waals surface area contributed by atoms with Gasteiger partial charge in [0.15, 0.2) is 4.34 Å². The van der Waals surface area contributed by atoms with Crippen LogP contribution in [0, 0.1) is 0 Å². The van der Waals surface area contributed by atoms with Gasteiger partial charge < -0.3 is 10.2 Å². The van der Waals surface area contributed by atoms with E-state index in [1.807, 2.05) is 36.4 Å². The second-order valence-electron chi connectivity index (χ2n) is 7.05. The fraction of sp³-hybridized carbons (Fsp3) is 0.318. The highest BCUT2D eigenvalue weighted by Gasteiger charge is 2.19. The first-order valence-electron chi connectivity index (χ1n) is 9.87. The molecule has 5 nitrogen and oxygen atoms in total. The summed E-state index contributed by atoms with van der Waals surface area (Å²) in [6.45, 7) is 2.11. The number of carbonyl (C=O) groups excluding carboxylic acids is 1. The first-order chi connectivity index (χ1) is 14.3. The number of benzene rings is 2. The van der Waals surface area contributed by atoms with E-state index in [2.05, 4.69) is 44.7 Å². The van der Waals surface area contributed by atoms with Crippen molar-refractivity contribution in [3.63, 3.8) is 0 Å². The molecule has 1 unspecified atom stereocenters. The van der Waals surface area contributed by atoms with Crippen LogP contribution in [0.4, 0.5) is 5.13 Å². The number of nitrogens with one attached hydrogen (secondary N) is 1. The molecule has 1 amide bonds. The maximum atomic E-state index is 12.7. The van der Waals surface area contributed by atoms with Crippen molar-refractivity contribution in [2.24, 2.45) is 0 Å². The van der Waals surface area contributed by atoms with Crippen LogP contribution in [0.15, 0.2) is 65.0 Å². The number of nitrogens with zero attached hydrogens (tertiary/aromatic N) is 3. The van der Waals surface area contributed by atoms with E-state index < -0.39 is 0 Å². The molecule has 1 aliphatic rings. The summed E-state index contributed by atoms with van der Waals surface area (Å²) in [7, 11) is 0. The van der Waals surface area contributed by atoms with Crippen LogP contribution in [-0.2, 0) is 11.2 Å². The monoisotopic (exact) mass is 424 g/mol. The molecule has 0 aliphatic carbocycles. The van der Waals surface area contributed by atoms with E-state index >= 15 is 0 Å². The Morgan fingerprint density at radius 2 is 1.72 bits per heavy atom. The standard InChI is InChI=1S/C22H24N4OS2/c27-20(16-28-22-25-24-21(29-22)26-13-7-8-14-26)23-19(18-11-5-2-6-12-18)15-17-9-3-1-4-10-17/h1-6,9-12,19H,7-8,13-16H2,(H,23,27). The van der Waals surface area contributed by atoms with Gasteiger partial charge in [-0.15, -0.1) is 10.2 Å². The van der Waals surface area contributed by atoms with Gasteiger partial charge in [0.05, 0.1) is 11.8 Å². The second-order valence-corrected chi connectivity index (χ2v) is 9.23. The van der Waals surface area contributed by atoms with Crippen LogP contribution in [-0.4, -0.2) is 34.9 Å². The summed E-state index contributed by atoms with van der Waals surface area (Å²) >= 11 is 3.03. The summed E-state index contributed by atoms with van der Waals surface area (Å²) < 4.78 is 0.848. The molecular formula is C22H24N4OS2. The van der Waals surface area contributed by atoms with E-state index in [1.165, 1.54) is 30.2 Å². The Balaban J connectivity index is 1.36. The zero-order valence-corrected chi connectivity index (χ0v) is 17.8. The Hall–Kier alpha value is -2.38. The second kappa shape index (κ2) is 9.89. The molecule has 4 rings (SSSR count). The Bertz CT molecular complexity index is 911. The van der Waals surface area contributed by atoms with Crippen LogP contribution in [0.5, 0.6) is 0 Å². The molecule has 29 heavy (non-hydrogen) atoms. The third-order valence-electron chi connectivity index (χ3n) is 4.92. The number of carbonyl (C=O) groups is 1. The summed E-state index contributed by atoms with van der Waals surface area (Å²) in [6.07, 6.45) is 3.19. The largest absolute Gasteiger partial charge is 0.348 e. The van der Waals surface area contributed by atoms with Crippen molar-refractivity contribution < 1.29 is 4.79 Å². The van der Waals surface area contributed by atoms with Gasteiger partial charge in [-0.25, -0.2) is 0 Å². The first kappa shape index (κ1) is 19.9. The predicted octanol–water partition coefficient (Wildman–Crippen LogP) is 4.33. The lowest BCUT2D eigenvalue weighted by molar-refractivity contribution is -0.119. The van der Waals surface area contributed by atoms with Crippen LogP contribution < -0.4 is 10.2 Å². The molecule has 0 spiro atoms. The highest BCUT2D eigenvalue weighted by molar-refractivity contribution is 8.01. The van der Waals surface area contributed by atoms with Gasteiger partial charge in [0, 0.05) is 13.1 Å². The Labute approximate surface area is 179 Å². The lowest BCUT2D eigenvalue weighted by atomic mass is 9.99. The predicted molar refractivity (Wildman–Crippen MR) is 120 cm³/mol. The van der Waals surface area contributed by atoms with Gasteiger partial charge in [-0.3, -0.25) is 4.79 Å². The van der Waals surface area contributed by atoms with Crippen molar-refractivity contribution in [3.8, 4) is 0 Å². The van der Waals surface area contributed by atoms with Crippen molar-refractivity contribution in [2.45, 2.75) is 29.6 Å². The maximum Gasteiger partial charge on any atom is 0.230 e. The zero-order chi connectivity index (χ0) is 19.9. The molecule has 1 aliphatic heterocycles. The third-order valence-corrected chi connectivity index (χ3v) is 7.04. The van der Waals surface area contributed by atoms with Crippen molar-refractivity contribution in [1.29, 1.82) is 0 Å². The van der Waals surface area contributed by atoms with Gasteiger partial charge in [-0.1, -0.05) is 83.8 Å². The van der Waals surface area contributed by atoms with Crippen LogP contribution in [0.2, 0.25) is 0 Å². The highest BCUT2D eigenvalue weighted by atomic mass is 32.2. The maximum absolute atomic E-state index is 12.7. The average Bonchev–Trinajstić information content (AvgIpc) is 3.45. The van der Waals surface area contributed by atoms with Crippen LogP contribution >= 0.6 is 23.1 Å². The number of rotatable bonds is 8. The molecule has 1 fully saturated rings. The van der Waals surface area contributed by atoms with E-state index in [1.54, 1.807) is 11.3 Å². The van der Waals surface area contributed by atoms with Crippen LogP contribution in [0.3, 0.4) is 0 Å². The van der Waals surface area contributed by atoms with Crippen molar-refractivity contribution in [1.82, 2.24) is 15.5 Å². The fourth-order valence-corrected chi connectivity index (χ4v) is 5.15. The summed E-state index contributed by atoms with van der Waals surface area (Å²) in [4.78, 5) is 14.9. The normalized spacial score (nSPS) is 14.7. The zero-order valence-electron chi connectivity index (χ0n) is 16.2. The van der Waals surface area contributed by atoms with Gasteiger partial charge in [-0.05, 0) is 30.4 Å². The van der Waals surface area contributed by atoms with Crippen molar-refractivity contribution in [3.05, 3.63) is 71.8 Å². The van der Waals surface area contributed by atoms with E-state index in [9.17, 15) is 4.79 Å². The molecular weight excluding hydrogens is 400 g/mol. The van der Waals surface area contributed by atoms with Gasteiger partial charge in [-0.2, -0.15) is 0 Å². The molecule has 0 saturated carbocycles. The minimum atomic E-state index is -0.0544. The number of hydrogen-bond acceptors (Lipinski definition) is 6. The van der Waals surface area contributed by atoms with Crippen LogP contribution in [0.25, 0.3) is 0 Å². The van der Waals surface area contributed by atoms with Gasteiger partial charge in [0.1, 0.15) is 0 Å². The highest BCUT2D eigenvalue weighted by Crippen LogP contribution is 2.30. The molecule has 0 bridgehead atoms. The molecule has 7 heteroatoms. The first-order valence-corrected chi connectivity index (χ1v) is 11.7. The molecule has 2 aromatic carbocycles. The molecule has 1 aromatic heterocycles. The summed E-state index contributed by atoms with van der Waals surface area (Å²) in [5.41, 5.74) is 2.32. The Morgan fingerprint density at radius 1 is 1.03 bits per heavy atom. The third kappa shape index (κ3) is 5.58. The van der Waals surface area contributed by atoms with E-state index in [-0.39, 0.29) is 11.9 Å². The number of thioether (sulfide) groups is 1. The van der Waals surface area contributed by atoms with E-state index in [4.69, 9.17) is 0 Å². The molecule has 3 aromatic rings. The molecule has 1 atom stereocenters. The smallest absolute Gasteiger partial charge is 0.230 e. The fourth-order valence-electron chi connectivity index (χ4n) is 3.45. The van der Waals surface area contributed by atoms with Crippen LogP contribution in [0.1, 0.15) is 30.0 Å². The molecule has 0 radical (unpaired) electrons. The molecule has 1 N–H and O–H groups in total. The molecule has 1 saturated heterocycles. The molecule has 150 valence electrons. The van der Waals surface area contributed by atoms with Gasteiger partial charge in [0.25, 0.3) is 0 Å². The Morgan fingerprint density at radius 3 is 2.45 bits per heavy atom. The summed E-state index contributed by atoms with van der Waals surface area (Å²) in [5.74, 6) is 0.352. The minimum absolute atomic E-state index is 0.0118. The lowest BCUT2D eigenvalue weighted by Gasteiger charge is -2.19.